The van der Waals surface area contributed by atoms with E-state index in [2.05, 4.69) is 31.1 Å². The quantitative estimate of drug-likeness (QED) is 0.853. The van der Waals surface area contributed by atoms with Gasteiger partial charge in [0, 0.05) is 25.4 Å². The van der Waals surface area contributed by atoms with Crippen molar-refractivity contribution in [1.29, 1.82) is 0 Å². The van der Waals surface area contributed by atoms with Crippen LogP contribution < -0.4 is 9.64 Å². The highest BCUT2D eigenvalue weighted by Crippen LogP contribution is 2.24. The summed E-state index contributed by atoms with van der Waals surface area (Å²) in [6, 6.07) is 4.09. The topological polar surface area (TPSA) is 64.0 Å². The number of nitrogens with zero attached hydrogens (tertiary/aromatic N) is 5. The van der Waals surface area contributed by atoms with E-state index in [1.54, 1.807) is 0 Å². The van der Waals surface area contributed by atoms with Gasteiger partial charge in [0.15, 0.2) is 0 Å². The third-order valence-corrected chi connectivity index (χ3v) is 5.21. The highest BCUT2D eigenvalue weighted by Gasteiger charge is 2.21. The van der Waals surface area contributed by atoms with E-state index in [4.69, 9.17) is 4.74 Å². The van der Waals surface area contributed by atoms with E-state index in [0.29, 0.717) is 11.8 Å². The van der Waals surface area contributed by atoms with Crippen molar-refractivity contribution in [1.82, 2.24) is 20.2 Å². The van der Waals surface area contributed by atoms with Crippen LogP contribution in [0.2, 0.25) is 0 Å². The largest absolute Gasteiger partial charge is 0.476 e. The lowest BCUT2D eigenvalue weighted by Gasteiger charge is -2.32. The van der Waals surface area contributed by atoms with Gasteiger partial charge in [-0.15, -0.1) is 5.10 Å². The van der Waals surface area contributed by atoms with Crippen LogP contribution in [0, 0.1) is 12.8 Å². The molecule has 1 fully saturated rings. The Morgan fingerprint density at radius 1 is 1.16 bits per heavy atom. The van der Waals surface area contributed by atoms with Crippen LogP contribution in [-0.4, -0.2) is 39.9 Å². The molecule has 132 valence electrons. The Bertz CT molecular complexity index is 728. The highest BCUT2D eigenvalue weighted by molar-refractivity contribution is 5.37. The number of aryl methyl sites for hydroxylation is 3. The lowest BCUT2D eigenvalue weighted by molar-refractivity contribution is 0.213. The Morgan fingerprint density at radius 2 is 2.00 bits per heavy atom. The summed E-state index contributed by atoms with van der Waals surface area (Å²) < 4.78 is 5.95. The second-order valence-electron chi connectivity index (χ2n) is 7.07. The zero-order valence-corrected chi connectivity index (χ0v) is 14.8. The van der Waals surface area contributed by atoms with Gasteiger partial charge in [0.2, 0.25) is 5.88 Å². The Kier molecular flexibility index (Phi) is 4.76. The molecule has 4 rings (SSSR count). The minimum atomic E-state index is 0.567. The van der Waals surface area contributed by atoms with Crippen LogP contribution in [-0.2, 0) is 12.8 Å². The van der Waals surface area contributed by atoms with E-state index in [1.165, 1.54) is 18.4 Å². The summed E-state index contributed by atoms with van der Waals surface area (Å²) in [5, 5.41) is 8.59. The average Bonchev–Trinajstić information content (AvgIpc) is 2.66. The molecule has 6 nitrogen and oxygen atoms in total. The SMILES string of the molecule is Cc1nccc(N2CCC(COc3cc4c(nn3)CCCC4)CC2)n1. The minimum absolute atomic E-state index is 0.567. The van der Waals surface area contributed by atoms with Gasteiger partial charge in [-0.2, -0.15) is 5.10 Å². The maximum Gasteiger partial charge on any atom is 0.233 e. The van der Waals surface area contributed by atoms with Crippen LogP contribution in [0.1, 0.15) is 42.8 Å². The van der Waals surface area contributed by atoms with Gasteiger partial charge in [0.05, 0.1) is 12.3 Å². The minimum Gasteiger partial charge on any atom is -0.476 e. The fourth-order valence-corrected chi connectivity index (χ4v) is 3.69. The third-order valence-electron chi connectivity index (χ3n) is 5.21. The summed E-state index contributed by atoms with van der Waals surface area (Å²) in [6.45, 7) is 4.69. The molecule has 0 aromatic carbocycles. The van der Waals surface area contributed by atoms with Gasteiger partial charge in [0.25, 0.3) is 0 Å². The first kappa shape index (κ1) is 16.2. The van der Waals surface area contributed by atoms with Crippen molar-refractivity contribution in [2.75, 3.05) is 24.6 Å². The molecule has 0 spiro atoms. The third kappa shape index (κ3) is 3.89. The molecular weight excluding hydrogens is 314 g/mol. The Hall–Kier alpha value is -2.24. The Morgan fingerprint density at radius 3 is 2.84 bits per heavy atom. The van der Waals surface area contributed by atoms with Gasteiger partial charge in [0.1, 0.15) is 11.6 Å². The number of piperidine rings is 1. The fraction of sp³-hybridized carbons (Fsp3) is 0.579. The van der Waals surface area contributed by atoms with Gasteiger partial charge < -0.3 is 9.64 Å². The summed E-state index contributed by atoms with van der Waals surface area (Å²) in [5.74, 6) is 3.12. The number of hydrogen-bond acceptors (Lipinski definition) is 6. The molecule has 0 N–H and O–H groups in total. The molecule has 25 heavy (non-hydrogen) atoms. The summed E-state index contributed by atoms with van der Waals surface area (Å²) in [4.78, 5) is 11.0. The molecule has 6 heteroatoms. The van der Waals surface area contributed by atoms with E-state index in [9.17, 15) is 0 Å². The molecule has 0 radical (unpaired) electrons. The molecule has 0 amide bonds. The van der Waals surface area contributed by atoms with Crippen LogP contribution in [0.5, 0.6) is 5.88 Å². The number of fused-ring (bicyclic) bond motifs is 1. The Balaban J connectivity index is 1.29. The monoisotopic (exact) mass is 339 g/mol. The molecule has 1 aliphatic carbocycles. The summed E-state index contributed by atoms with van der Waals surface area (Å²) in [6.07, 6.45) is 8.71. The maximum atomic E-state index is 5.95. The molecule has 1 saturated heterocycles. The van der Waals surface area contributed by atoms with E-state index < -0.39 is 0 Å². The lowest BCUT2D eigenvalue weighted by Crippen LogP contribution is -2.36. The van der Waals surface area contributed by atoms with Crippen molar-refractivity contribution < 1.29 is 4.74 Å². The second kappa shape index (κ2) is 7.33. The standard InChI is InChI=1S/C19H25N5O/c1-14-20-9-6-18(21-14)24-10-7-15(8-11-24)13-25-19-12-16-4-2-3-5-17(16)22-23-19/h6,9,12,15H,2-5,7-8,10-11,13H2,1H3. The van der Waals surface area contributed by atoms with Crippen molar-refractivity contribution in [2.24, 2.45) is 5.92 Å². The first-order chi connectivity index (χ1) is 12.3. The zero-order valence-electron chi connectivity index (χ0n) is 14.8. The first-order valence-electron chi connectivity index (χ1n) is 9.31. The van der Waals surface area contributed by atoms with Crippen molar-refractivity contribution in [3.8, 4) is 5.88 Å². The summed E-state index contributed by atoms with van der Waals surface area (Å²) in [5.41, 5.74) is 2.48. The first-order valence-corrected chi connectivity index (χ1v) is 9.31. The number of aromatic nitrogens is 4. The molecule has 2 aliphatic rings. The molecule has 2 aromatic rings. The van der Waals surface area contributed by atoms with Crippen LogP contribution in [0.3, 0.4) is 0 Å². The normalized spacial score (nSPS) is 18.0. The predicted molar refractivity (Wildman–Crippen MR) is 95.9 cm³/mol. The molecule has 0 saturated carbocycles. The molecule has 3 heterocycles. The van der Waals surface area contributed by atoms with Gasteiger partial charge in [-0.1, -0.05) is 0 Å². The second-order valence-corrected chi connectivity index (χ2v) is 7.07. The van der Waals surface area contributed by atoms with Gasteiger partial charge in [-0.3, -0.25) is 0 Å². The molecular formula is C19H25N5O. The van der Waals surface area contributed by atoms with Crippen LogP contribution >= 0.6 is 0 Å². The van der Waals surface area contributed by atoms with Gasteiger partial charge >= 0.3 is 0 Å². The maximum absolute atomic E-state index is 5.95. The lowest BCUT2D eigenvalue weighted by atomic mass is 9.97. The Labute approximate surface area is 148 Å². The fourth-order valence-electron chi connectivity index (χ4n) is 3.69. The van der Waals surface area contributed by atoms with Crippen molar-refractivity contribution in [3.63, 3.8) is 0 Å². The van der Waals surface area contributed by atoms with E-state index >= 15 is 0 Å². The van der Waals surface area contributed by atoms with E-state index in [1.807, 2.05) is 19.2 Å². The summed E-state index contributed by atoms with van der Waals surface area (Å²) in [7, 11) is 0. The molecule has 1 aliphatic heterocycles. The molecule has 0 bridgehead atoms. The number of hydrogen-bond donors (Lipinski definition) is 0. The highest BCUT2D eigenvalue weighted by atomic mass is 16.5. The smallest absolute Gasteiger partial charge is 0.233 e. The number of anilines is 1. The van der Waals surface area contributed by atoms with E-state index in [0.717, 1.165) is 62.7 Å². The predicted octanol–water partition coefficient (Wildman–Crippen LogP) is 2.75. The van der Waals surface area contributed by atoms with Gasteiger partial charge in [-0.05, 0) is 63.0 Å². The van der Waals surface area contributed by atoms with Crippen LogP contribution in [0.4, 0.5) is 5.82 Å². The van der Waals surface area contributed by atoms with Crippen molar-refractivity contribution >= 4 is 5.82 Å². The van der Waals surface area contributed by atoms with Gasteiger partial charge in [-0.25, -0.2) is 9.97 Å². The van der Waals surface area contributed by atoms with Crippen LogP contribution in [0.15, 0.2) is 18.3 Å². The van der Waals surface area contributed by atoms with Crippen molar-refractivity contribution in [3.05, 3.63) is 35.4 Å². The number of ether oxygens (including phenoxy) is 1. The molecule has 2 aromatic heterocycles. The van der Waals surface area contributed by atoms with E-state index in [-0.39, 0.29) is 0 Å². The molecule has 0 unspecified atom stereocenters. The van der Waals surface area contributed by atoms with Crippen molar-refractivity contribution in [2.45, 2.75) is 45.4 Å². The zero-order chi connectivity index (χ0) is 17.1. The summed E-state index contributed by atoms with van der Waals surface area (Å²) >= 11 is 0. The van der Waals surface area contributed by atoms with Crippen LogP contribution in [0.25, 0.3) is 0 Å². The number of rotatable bonds is 4. The molecule has 0 atom stereocenters. The average molecular weight is 339 g/mol.